The maximum Gasteiger partial charge on any atom is 0.324 e. The van der Waals surface area contributed by atoms with Gasteiger partial charge in [-0.25, -0.2) is 0 Å². The Morgan fingerprint density at radius 1 is 1.69 bits per heavy atom. The lowest BCUT2D eigenvalue weighted by molar-refractivity contribution is -0.184. The largest absolute Gasteiger partial charge is 0.480 e. The van der Waals surface area contributed by atoms with E-state index >= 15 is 0 Å². The zero-order chi connectivity index (χ0) is 10.3. The standard InChI is InChI=1S/C9H17NO3/c1-4-13-6-5-9(10,7(11)12)8(6,2)3/h6H,4-5,10H2,1-3H3,(H,11,12)/t6-,9+/m1/s1. The van der Waals surface area contributed by atoms with E-state index in [0.29, 0.717) is 13.0 Å². The van der Waals surface area contributed by atoms with Crippen molar-refractivity contribution in [3.8, 4) is 0 Å². The summed E-state index contributed by atoms with van der Waals surface area (Å²) in [6, 6.07) is 0. The number of aliphatic carboxylic acids is 1. The minimum absolute atomic E-state index is 0.0291. The molecule has 0 unspecified atom stereocenters. The van der Waals surface area contributed by atoms with Crippen molar-refractivity contribution in [1.82, 2.24) is 0 Å². The van der Waals surface area contributed by atoms with E-state index in [9.17, 15) is 4.79 Å². The Labute approximate surface area is 78.1 Å². The summed E-state index contributed by atoms with van der Waals surface area (Å²) in [5.74, 6) is -0.937. The van der Waals surface area contributed by atoms with Crippen LogP contribution in [0.2, 0.25) is 0 Å². The van der Waals surface area contributed by atoms with Crippen LogP contribution in [0, 0.1) is 5.41 Å². The Balaban J connectivity index is 2.73. The summed E-state index contributed by atoms with van der Waals surface area (Å²) >= 11 is 0. The lowest BCUT2D eigenvalue weighted by Crippen LogP contribution is -2.73. The highest BCUT2D eigenvalue weighted by Crippen LogP contribution is 2.49. The quantitative estimate of drug-likeness (QED) is 0.678. The van der Waals surface area contributed by atoms with Gasteiger partial charge in [0.05, 0.1) is 6.10 Å². The van der Waals surface area contributed by atoms with Crippen molar-refractivity contribution < 1.29 is 14.6 Å². The van der Waals surface area contributed by atoms with Crippen LogP contribution in [0.15, 0.2) is 0 Å². The Hall–Kier alpha value is -0.610. The molecule has 0 aromatic rings. The summed E-state index contributed by atoms with van der Waals surface area (Å²) in [4.78, 5) is 10.9. The van der Waals surface area contributed by atoms with Gasteiger partial charge in [-0.1, -0.05) is 13.8 Å². The third kappa shape index (κ3) is 1.25. The van der Waals surface area contributed by atoms with Crippen LogP contribution >= 0.6 is 0 Å². The fourth-order valence-corrected chi connectivity index (χ4v) is 1.80. The number of carboxylic acid groups (broad SMARTS) is 1. The van der Waals surface area contributed by atoms with Gasteiger partial charge in [0.15, 0.2) is 0 Å². The van der Waals surface area contributed by atoms with Gasteiger partial charge in [-0.2, -0.15) is 0 Å². The molecular formula is C9H17NO3. The van der Waals surface area contributed by atoms with Gasteiger partial charge in [-0.3, -0.25) is 4.79 Å². The van der Waals surface area contributed by atoms with E-state index in [4.69, 9.17) is 15.6 Å². The molecule has 0 heterocycles. The minimum atomic E-state index is -1.12. The smallest absolute Gasteiger partial charge is 0.324 e. The van der Waals surface area contributed by atoms with Crippen molar-refractivity contribution >= 4 is 5.97 Å². The molecule has 0 aromatic carbocycles. The number of nitrogens with two attached hydrogens (primary N) is 1. The van der Waals surface area contributed by atoms with Crippen LogP contribution < -0.4 is 5.73 Å². The summed E-state index contributed by atoms with van der Waals surface area (Å²) in [5.41, 5.74) is 4.17. The van der Waals surface area contributed by atoms with E-state index in [1.807, 2.05) is 20.8 Å². The van der Waals surface area contributed by atoms with E-state index in [1.54, 1.807) is 0 Å². The molecule has 0 aliphatic heterocycles. The first-order valence-corrected chi connectivity index (χ1v) is 4.50. The fraction of sp³-hybridized carbons (Fsp3) is 0.889. The van der Waals surface area contributed by atoms with Crippen LogP contribution in [0.1, 0.15) is 27.2 Å². The monoisotopic (exact) mass is 187 g/mol. The molecular weight excluding hydrogens is 170 g/mol. The van der Waals surface area contributed by atoms with E-state index in [-0.39, 0.29) is 6.10 Å². The number of hydrogen-bond acceptors (Lipinski definition) is 3. The molecule has 13 heavy (non-hydrogen) atoms. The van der Waals surface area contributed by atoms with E-state index in [2.05, 4.69) is 0 Å². The van der Waals surface area contributed by atoms with Gasteiger partial charge in [-0.15, -0.1) is 0 Å². The van der Waals surface area contributed by atoms with Gasteiger partial charge in [0.2, 0.25) is 0 Å². The van der Waals surface area contributed by atoms with Gasteiger partial charge in [-0.05, 0) is 6.92 Å². The Morgan fingerprint density at radius 3 is 2.54 bits per heavy atom. The molecule has 1 fully saturated rings. The molecule has 0 spiro atoms. The van der Waals surface area contributed by atoms with Crippen LogP contribution in [0.5, 0.6) is 0 Å². The van der Waals surface area contributed by atoms with Crippen molar-refractivity contribution in [2.75, 3.05) is 6.61 Å². The summed E-state index contributed by atoms with van der Waals surface area (Å²) in [7, 11) is 0. The topological polar surface area (TPSA) is 72.5 Å². The Kier molecular flexibility index (Phi) is 2.38. The number of carboxylic acids is 1. The van der Waals surface area contributed by atoms with Crippen molar-refractivity contribution in [1.29, 1.82) is 0 Å². The van der Waals surface area contributed by atoms with Crippen LogP contribution in [0.25, 0.3) is 0 Å². The maximum atomic E-state index is 10.9. The molecule has 3 N–H and O–H groups in total. The highest BCUT2D eigenvalue weighted by Gasteiger charge is 2.63. The van der Waals surface area contributed by atoms with Crippen LogP contribution in [0.4, 0.5) is 0 Å². The second-order valence-corrected chi connectivity index (χ2v) is 4.15. The summed E-state index contributed by atoms with van der Waals surface area (Å²) < 4.78 is 5.40. The third-order valence-corrected chi connectivity index (χ3v) is 3.21. The number of rotatable bonds is 3. The maximum absolute atomic E-state index is 10.9. The Morgan fingerprint density at radius 2 is 2.23 bits per heavy atom. The molecule has 0 radical (unpaired) electrons. The normalized spacial score (nSPS) is 36.8. The SMILES string of the molecule is CCO[C@@H]1C[C@](N)(C(=O)O)C1(C)C. The first-order chi connectivity index (χ1) is 5.86. The molecule has 4 nitrogen and oxygen atoms in total. The molecule has 76 valence electrons. The van der Waals surface area contributed by atoms with Gasteiger partial charge in [0, 0.05) is 18.4 Å². The van der Waals surface area contributed by atoms with Crippen molar-refractivity contribution in [2.45, 2.75) is 38.8 Å². The van der Waals surface area contributed by atoms with Crippen molar-refractivity contribution in [2.24, 2.45) is 11.1 Å². The third-order valence-electron chi connectivity index (χ3n) is 3.21. The molecule has 0 amide bonds. The predicted octanol–water partition coefficient (Wildman–Crippen LogP) is 0.603. The molecule has 2 atom stereocenters. The summed E-state index contributed by atoms with van der Waals surface area (Å²) in [6.07, 6.45) is 0.377. The number of hydrogen-bond donors (Lipinski definition) is 2. The first-order valence-electron chi connectivity index (χ1n) is 4.50. The zero-order valence-corrected chi connectivity index (χ0v) is 8.33. The fourth-order valence-electron chi connectivity index (χ4n) is 1.80. The van der Waals surface area contributed by atoms with Crippen molar-refractivity contribution in [3.63, 3.8) is 0 Å². The van der Waals surface area contributed by atoms with Crippen molar-refractivity contribution in [3.05, 3.63) is 0 Å². The molecule has 1 aliphatic rings. The van der Waals surface area contributed by atoms with Crippen LogP contribution in [-0.2, 0) is 9.53 Å². The summed E-state index contributed by atoms with van der Waals surface area (Å²) in [6.45, 7) is 6.17. The average Bonchev–Trinajstić information content (AvgIpc) is 2.03. The van der Waals surface area contributed by atoms with Gasteiger partial charge in [0.1, 0.15) is 5.54 Å². The van der Waals surface area contributed by atoms with E-state index in [0.717, 1.165) is 0 Å². The average molecular weight is 187 g/mol. The number of carbonyl (C=O) groups is 1. The molecule has 1 saturated carbocycles. The first kappa shape index (κ1) is 10.5. The lowest BCUT2D eigenvalue weighted by atomic mass is 9.54. The minimum Gasteiger partial charge on any atom is -0.480 e. The molecule has 0 saturated heterocycles. The van der Waals surface area contributed by atoms with E-state index < -0.39 is 16.9 Å². The van der Waals surface area contributed by atoms with Crippen LogP contribution in [-0.4, -0.2) is 29.3 Å². The van der Waals surface area contributed by atoms with Crippen LogP contribution in [0.3, 0.4) is 0 Å². The highest BCUT2D eigenvalue weighted by atomic mass is 16.5. The molecule has 0 bridgehead atoms. The Bertz CT molecular complexity index is 227. The van der Waals surface area contributed by atoms with Gasteiger partial charge in [0.25, 0.3) is 0 Å². The second-order valence-electron chi connectivity index (χ2n) is 4.15. The van der Waals surface area contributed by atoms with E-state index in [1.165, 1.54) is 0 Å². The highest BCUT2D eigenvalue weighted by molar-refractivity contribution is 5.81. The van der Waals surface area contributed by atoms with Gasteiger partial charge >= 0.3 is 5.97 Å². The molecule has 4 heteroatoms. The molecule has 1 rings (SSSR count). The predicted molar refractivity (Wildman–Crippen MR) is 48.4 cm³/mol. The van der Waals surface area contributed by atoms with Gasteiger partial charge < -0.3 is 15.6 Å². The number of ether oxygens (including phenoxy) is 1. The zero-order valence-electron chi connectivity index (χ0n) is 8.33. The lowest BCUT2D eigenvalue weighted by Gasteiger charge is -2.56. The molecule has 1 aliphatic carbocycles. The molecule has 0 aromatic heterocycles. The summed E-state index contributed by atoms with van der Waals surface area (Å²) in [5, 5.41) is 8.93. The second kappa shape index (κ2) is 2.96.